The second kappa shape index (κ2) is 8.51. The molecule has 0 aliphatic carbocycles. The van der Waals surface area contributed by atoms with Crippen LogP contribution in [0.15, 0.2) is 71.6 Å². The van der Waals surface area contributed by atoms with Crippen LogP contribution >= 0.6 is 0 Å². The van der Waals surface area contributed by atoms with Crippen molar-refractivity contribution in [2.24, 2.45) is 5.92 Å². The third-order valence-electron chi connectivity index (χ3n) is 5.85. The van der Waals surface area contributed by atoms with E-state index in [-0.39, 0.29) is 11.8 Å². The SMILES string of the molecule is O=C(C1CCN(S(=O)(=O)c2ccccc2)CC1)N1CC=C(c2ccccc2)CC1. The van der Waals surface area contributed by atoms with Gasteiger partial charge < -0.3 is 4.90 Å². The van der Waals surface area contributed by atoms with Crippen LogP contribution in [0, 0.1) is 5.92 Å². The lowest BCUT2D eigenvalue weighted by Gasteiger charge is -2.34. The molecule has 0 bridgehead atoms. The molecule has 5 nitrogen and oxygen atoms in total. The van der Waals surface area contributed by atoms with Crippen LogP contribution in [-0.4, -0.2) is 49.7 Å². The summed E-state index contributed by atoms with van der Waals surface area (Å²) in [7, 11) is -3.48. The molecule has 0 saturated carbocycles. The lowest BCUT2D eigenvalue weighted by Crippen LogP contribution is -2.45. The molecule has 1 saturated heterocycles. The Hall–Kier alpha value is -2.44. The average molecular weight is 411 g/mol. The van der Waals surface area contributed by atoms with Crippen LogP contribution in [-0.2, 0) is 14.8 Å². The summed E-state index contributed by atoms with van der Waals surface area (Å²) in [4.78, 5) is 15.2. The molecule has 0 unspecified atom stereocenters. The molecule has 2 aromatic rings. The van der Waals surface area contributed by atoms with E-state index in [9.17, 15) is 13.2 Å². The zero-order valence-corrected chi connectivity index (χ0v) is 17.2. The number of carbonyl (C=O) groups excluding carboxylic acids is 1. The molecule has 2 aliphatic rings. The molecule has 2 aromatic carbocycles. The van der Waals surface area contributed by atoms with Crippen LogP contribution < -0.4 is 0 Å². The molecule has 0 atom stereocenters. The van der Waals surface area contributed by atoms with Crippen LogP contribution in [0.2, 0.25) is 0 Å². The normalized spacial score (nSPS) is 19.0. The van der Waals surface area contributed by atoms with Crippen LogP contribution in [0.3, 0.4) is 0 Å². The fourth-order valence-corrected chi connectivity index (χ4v) is 5.62. The number of rotatable bonds is 4. The Morgan fingerprint density at radius 3 is 2.07 bits per heavy atom. The first-order chi connectivity index (χ1) is 14.1. The molecule has 1 fully saturated rings. The molecule has 29 heavy (non-hydrogen) atoms. The number of piperidine rings is 1. The summed E-state index contributed by atoms with van der Waals surface area (Å²) in [5, 5.41) is 0. The summed E-state index contributed by atoms with van der Waals surface area (Å²) < 4.78 is 27.0. The first-order valence-electron chi connectivity index (χ1n) is 10.1. The number of hydrogen-bond donors (Lipinski definition) is 0. The molecule has 2 heterocycles. The van der Waals surface area contributed by atoms with Gasteiger partial charge in [-0.05, 0) is 42.5 Å². The topological polar surface area (TPSA) is 57.7 Å². The highest BCUT2D eigenvalue weighted by molar-refractivity contribution is 7.89. The van der Waals surface area contributed by atoms with Gasteiger partial charge in [-0.15, -0.1) is 0 Å². The molecular formula is C23H26N2O3S. The standard InChI is InChI=1S/C23H26N2O3S/c26-23(24-15-11-20(12-16-24)19-7-3-1-4-8-19)21-13-17-25(18-14-21)29(27,28)22-9-5-2-6-10-22/h1-11,21H,12-18H2. The van der Waals surface area contributed by atoms with Gasteiger partial charge in [-0.25, -0.2) is 8.42 Å². The van der Waals surface area contributed by atoms with Gasteiger partial charge in [0.2, 0.25) is 15.9 Å². The lowest BCUT2D eigenvalue weighted by molar-refractivity contribution is -0.136. The summed E-state index contributed by atoms with van der Waals surface area (Å²) in [5.74, 6) is 0.0639. The van der Waals surface area contributed by atoms with Gasteiger partial charge in [0, 0.05) is 32.1 Å². The fourth-order valence-electron chi connectivity index (χ4n) is 4.13. The van der Waals surface area contributed by atoms with Crippen LogP contribution in [0.1, 0.15) is 24.8 Å². The highest BCUT2D eigenvalue weighted by atomic mass is 32.2. The summed E-state index contributed by atoms with van der Waals surface area (Å²) in [6, 6.07) is 18.8. The Balaban J connectivity index is 1.35. The van der Waals surface area contributed by atoms with E-state index in [1.807, 2.05) is 23.1 Å². The summed E-state index contributed by atoms with van der Waals surface area (Å²) in [5.41, 5.74) is 2.51. The first-order valence-corrected chi connectivity index (χ1v) is 11.6. The van der Waals surface area contributed by atoms with Crippen molar-refractivity contribution in [2.75, 3.05) is 26.2 Å². The molecule has 6 heteroatoms. The van der Waals surface area contributed by atoms with Gasteiger partial charge in [0.15, 0.2) is 0 Å². The number of nitrogens with zero attached hydrogens (tertiary/aromatic N) is 2. The van der Waals surface area contributed by atoms with Crippen molar-refractivity contribution < 1.29 is 13.2 Å². The third-order valence-corrected chi connectivity index (χ3v) is 7.76. The molecule has 0 radical (unpaired) electrons. The van der Waals surface area contributed by atoms with E-state index in [2.05, 4.69) is 18.2 Å². The third kappa shape index (κ3) is 4.28. The van der Waals surface area contributed by atoms with E-state index in [0.717, 1.165) is 13.0 Å². The maximum Gasteiger partial charge on any atom is 0.243 e. The average Bonchev–Trinajstić information content (AvgIpc) is 2.80. The monoisotopic (exact) mass is 410 g/mol. The van der Waals surface area contributed by atoms with Gasteiger partial charge in [0.05, 0.1) is 4.90 Å². The second-order valence-corrected chi connectivity index (χ2v) is 9.56. The van der Waals surface area contributed by atoms with Crippen LogP contribution in [0.25, 0.3) is 5.57 Å². The number of hydrogen-bond acceptors (Lipinski definition) is 3. The molecule has 0 spiro atoms. The van der Waals surface area contributed by atoms with Gasteiger partial charge in [0.1, 0.15) is 0 Å². The van der Waals surface area contributed by atoms with Crippen molar-refractivity contribution in [3.8, 4) is 0 Å². The summed E-state index contributed by atoms with van der Waals surface area (Å²) in [6.45, 7) is 2.15. The molecule has 4 rings (SSSR count). The molecule has 152 valence electrons. The minimum atomic E-state index is -3.48. The molecule has 2 aliphatic heterocycles. The molecule has 0 aromatic heterocycles. The van der Waals surface area contributed by atoms with Crippen molar-refractivity contribution in [3.63, 3.8) is 0 Å². The largest absolute Gasteiger partial charge is 0.338 e. The summed E-state index contributed by atoms with van der Waals surface area (Å²) >= 11 is 0. The van der Waals surface area contributed by atoms with E-state index in [1.165, 1.54) is 15.4 Å². The zero-order valence-electron chi connectivity index (χ0n) is 16.4. The van der Waals surface area contributed by atoms with Gasteiger partial charge in [-0.2, -0.15) is 4.31 Å². The lowest BCUT2D eigenvalue weighted by atomic mass is 9.94. The van der Waals surface area contributed by atoms with Gasteiger partial charge in [-0.3, -0.25) is 4.79 Å². The Kier molecular flexibility index (Phi) is 5.83. The van der Waals surface area contributed by atoms with Gasteiger partial charge >= 0.3 is 0 Å². The molecular weight excluding hydrogens is 384 g/mol. The first kappa shape index (κ1) is 19.9. The maximum atomic E-state index is 13.0. The summed E-state index contributed by atoms with van der Waals surface area (Å²) in [6.07, 6.45) is 4.16. The zero-order chi connectivity index (χ0) is 20.3. The van der Waals surface area contributed by atoms with E-state index in [1.54, 1.807) is 30.3 Å². The molecule has 0 N–H and O–H groups in total. The Morgan fingerprint density at radius 1 is 0.862 bits per heavy atom. The number of sulfonamides is 1. The number of carbonyl (C=O) groups is 1. The highest BCUT2D eigenvalue weighted by Gasteiger charge is 2.34. The Labute approximate surface area is 172 Å². The van der Waals surface area contributed by atoms with E-state index in [0.29, 0.717) is 37.4 Å². The Morgan fingerprint density at radius 2 is 1.48 bits per heavy atom. The van der Waals surface area contributed by atoms with Gasteiger partial charge in [-0.1, -0.05) is 54.6 Å². The van der Waals surface area contributed by atoms with Crippen molar-refractivity contribution in [3.05, 3.63) is 72.3 Å². The fraction of sp³-hybridized carbons (Fsp3) is 0.348. The van der Waals surface area contributed by atoms with Crippen LogP contribution in [0.5, 0.6) is 0 Å². The van der Waals surface area contributed by atoms with Crippen molar-refractivity contribution in [2.45, 2.75) is 24.2 Å². The number of benzene rings is 2. The Bertz CT molecular complexity index is 979. The van der Waals surface area contributed by atoms with Gasteiger partial charge in [0.25, 0.3) is 0 Å². The predicted molar refractivity (Wildman–Crippen MR) is 114 cm³/mol. The second-order valence-electron chi connectivity index (χ2n) is 7.62. The smallest absolute Gasteiger partial charge is 0.243 e. The minimum Gasteiger partial charge on any atom is -0.338 e. The van der Waals surface area contributed by atoms with Crippen molar-refractivity contribution in [1.82, 2.24) is 9.21 Å². The minimum absolute atomic E-state index is 0.0936. The van der Waals surface area contributed by atoms with Crippen LogP contribution in [0.4, 0.5) is 0 Å². The molecule has 1 amide bonds. The van der Waals surface area contributed by atoms with E-state index >= 15 is 0 Å². The van der Waals surface area contributed by atoms with E-state index in [4.69, 9.17) is 0 Å². The maximum absolute atomic E-state index is 13.0. The van der Waals surface area contributed by atoms with Crippen molar-refractivity contribution in [1.29, 1.82) is 0 Å². The quantitative estimate of drug-likeness (QED) is 0.776. The predicted octanol–water partition coefficient (Wildman–Crippen LogP) is 3.40. The number of amides is 1. The van der Waals surface area contributed by atoms with E-state index < -0.39 is 10.0 Å². The highest BCUT2D eigenvalue weighted by Crippen LogP contribution is 2.27. The van der Waals surface area contributed by atoms with Crippen molar-refractivity contribution >= 4 is 21.5 Å².